The van der Waals surface area contributed by atoms with Crippen LogP contribution < -0.4 is 0 Å². The molecule has 0 radical (unpaired) electrons. The highest BCUT2D eigenvalue weighted by Crippen LogP contribution is 2.76. The monoisotopic (exact) mass is 1090 g/mol. The number of ether oxygens (including phenoxy) is 8. The fourth-order valence-electron chi connectivity index (χ4n) is 15.5. The predicted molar refractivity (Wildman–Crippen MR) is 255 cm³/mol. The molecule has 3 heterocycles. The van der Waals surface area contributed by atoms with Gasteiger partial charge in [0, 0.05) is 0 Å². The van der Waals surface area contributed by atoms with E-state index >= 15 is 0 Å². The number of hydrogen-bond donors (Lipinski definition) is 12. The number of aliphatic hydroxyl groups excluding tert-OH is 9. The number of carboxylic acid groups (broad SMARTS) is 3. The first-order valence-corrected chi connectivity index (χ1v) is 26.5. The molecule has 4 saturated carbocycles. The molecule has 24 nitrogen and oxygen atoms in total. The van der Waals surface area contributed by atoms with Gasteiger partial charge in [-0.1, -0.05) is 60.1 Å². The van der Waals surface area contributed by atoms with E-state index in [0.29, 0.717) is 51.4 Å². The van der Waals surface area contributed by atoms with Crippen LogP contribution in [0, 0.1) is 50.2 Å². The Balaban J connectivity index is 1.08. The van der Waals surface area contributed by atoms with Crippen molar-refractivity contribution < 1.29 is 118 Å². The first kappa shape index (κ1) is 59.1. The fraction of sp³-hybridized carbons (Fsp3) is 0.885. The van der Waals surface area contributed by atoms with Crippen LogP contribution in [0.25, 0.3) is 0 Å². The van der Waals surface area contributed by atoms with Gasteiger partial charge in [0.1, 0.15) is 67.6 Å². The first-order valence-electron chi connectivity index (χ1n) is 26.5. The molecule has 0 aromatic heterocycles. The Morgan fingerprint density at radius 1 is 0.724 bits per heavy atom. The molecule has 7 fully saturated rings. The molecule has 24 atom stereocenters. The molecular weight excluding hydrogens is 1010 g/mol. The number of hydrogen-bond acceptors (Lipinski definition) is 21. The largest absolute Gasteiger partial charge is 0.480 e. The Morgan fingerprint density at radius 3 is 2.04 bits per heavy atom. The summed E-state index contributed by atoms with van der Waals surface area (Å²) in [6, 6.07) is 0. The summed E-state index contributed by atoms with van der Waals surface area (Å²) in [6.45, 7) is 13.0. The third-order valence-electron chi connectivity index (χ3n) is 20.0. The van der Waals surface area contributed by atoms with Crippen molar-refractivity contribution in [3.8, 4) is 0 Å². The number of esters is 1. The predicted octanol–water partition coefficient (Wildman–Crippen LogP) is -0.231. The molecular formula is C52H80O24. The van der Waals surface area contributed by atoms with Crippen LogP contribution in [0.2, 0.25) is 0 Å². The number of rotatable bonds is 15. The van der Waals surface area contributed by atoms with E-state index < -0.39 is 159 Å². The molecule has 12 N–H and O–H groups in total. The lowest BCUT2D eigenvalue weighted by atomic mass is 9.33. The third kappa shape index (κ3) is 10.0. The van der Waals surface area contributed by atoms with Crippen molar-refractivity contribution in [2.45, 2.75) is 217 Å². The van der Waals surface area contributed by atoms with Crippen molar-refractivity contribution in [2.24, 2.45) is 50.2 Å². The number of carbonyl (C=O) groups excluding carboxylic acids is 1. The Labute approximate surface area is 440 Å². The zero-order valence-electron chi connectivity index (χ0n) is 44.1. The van der Waals surface area contributed by atoms with Gasteiger partial charge in [-0.25, -0.2) is 14.4 Å². The molecule has 0 bridgehead atoms. The van der Waals surface area contributed by atoms with Crippen LogP contribution in [0.3, 0.4) is 0 Å². The van der Waals surface area contributed by atoms with Gasteiger partial charge in [0.2, 0.25) is 12.4 Å². The highest BCUT2D eigenvalue weighted by Gasteiger charge is 2.70. The molecule has 24 heteroatoms. The molecule has 0 amide bonds. The van der Waals surface area contributed by atoms with Crippen molar-refractivity contribution in [3.05, 3.63) is 11.6 Å². The maximum atomic E-state index is 14.8. The summed E-state index contributed by atoms with van der Waals surface area (Å²) in [7, 11) is 0. The SMILES string of the molecule is CC1(C)CCC2(C(=O)OC3OC(CO)C(O)C(O)C3O)CCC3(C)C(=CCC4C5(C)CCC(OC6OC(C(=O)O)C(O)C(OC(OCC(=O)O)C(O)C(=O)O)C6OC6OCC(O)C(O)C6O)C(C)(C)C5CCC43C)C2C1. The summed E-state index contributed by atoms with van der Waals surface area (Å²) in [5.74, 6) is -5.97. The summed E-state index contributed by atoms with van der Waals surface area (Å²) in [4.78, 5) is 51.1. The van der Waals surface area contributed by atoms with Gasteiger partial charge in [-0.05, 0) is 109 Å². The summed E-state index contributed by atoms with van der Waals surface area (Å²) in [5, 5.41) is 125. The van der Waals surface area contributed by atoms with Crippen LogP contribution in [-0.2, 0) is 57.1 Å². The van der Waals surface area contributed by atoms with Crippen molar-refractivity contribution in [1.29, 1.82) is 0 Å². The van der Waals surface area contributed by atoms with E-state index in [1.807, 2.05) is 13.8 Å². The van der Waals surface area contributed by atoms with Crippen LogP contribution >= 0.6 is 0 Å². The van der Waals surface area contributed by atoms with Crippen LogP contribution in [-0.4, -0.2) is 209 Å². The number of carbonyl (C=O) groups is 4. The van der Waals surface area contributed by atoms with E-state index in [1.54, 1.807) is 0 Å². The maximum Gasteiger partial charge on any atom is 0.337 e. The lowest BCUT2D eigenvalue weighted by Crippen LogP contribution is -2.67. The number of aliphatic hydroxyl groups is 9. The minimum atomic E-state index is -2.58. The number of allylic oxidation sites excluding steroid dienone is 2. The van der Waals surface area contributed by atoms with Crippen LogP contribution in [0.15, 0.2) is 11.6 Å². The van der Waals surface area contributed by atoms with Gasteiger partial charge in [0.15, 0.2) is 25.0 Å². The average Bonchev–Trinajstić information content (AvgIpc) is 3.42. The lowest BCUT2D eigenvalue weighted by Gasteiger charge is -2.71. The van der Waals surface area contributed by atoms with Crippen LogP contribution in [0.1, 0.15) is 113 Å². The zero-order chi connectivity index (χ0) is 56.0. The van der Waals surface area contributed by atoms with Gasteiger partial charge in [-0.3, -0.25) is 4.79 Å². The fourth-order valence-corrected chi connectivity index (χ4v) is 15.5. The maximum absolute atomic E-state index is 14.8. The molecule has 24 unspecified atom stereocenters. The smallest absolute Gasteiger partial charge is 0.337 e. The van der Waals surface area contributed by atoms with E-state index in [2.05, 4.69) is 40.7 Å². The molecule has 8 aliphatic rings. The van der Waals surface area contributed by atoms with Crippen LogP contribution in [0.4, 0.5) is 0 Å². The Hall–Kier alpha value is -3.02. The van der Waals surface area contributed by atoms with Crippen molar-refractivity contribution in [2.75, 3.05) is 19.8 Å². The molecule has 432 valence electrons. The molecule has 0 aromatic carbocycles. The molecule has 3 aliphatic heterocycles. The first-order chi connectivity index (χ1) is 35.4. The highest BCUT2D eigenvalue weighted by atomic mass is 16.8. The lowest BCUT2D eigenvalue weighted by molar-refractivity contribution is -0.380. The van der Waals surface area contributed by atoms with E-state index in [1.165, 1.54) is 5.57 Å². The zero-order valence-corrected chi connectivity index (χ0v) is 44.1. The Bertz CT molecular complexity index is 2190. The average molecular weight is 1090 g/mol. The van der Waals surface area contributed by atoms with Crippen molar-refractivity contribution in [3.63, 3.8) is 0 Å². The van der Waals surface area contributed by atoms with Gasteiger partial charge in [-0.15, -0.1) is 0 Å². The van der Waals surface area contributed by atoms with E-state index in [9.17, 15) is 80.5 Å². The van der Waals surface area contributed by atoms with Gasteiger partial charge in [-0.2, -0.15) is 0 Å². The van der Waals surface area contributed by atoms with Crippen molar-refractivity contribution in [1.82, 2.24) is 0 Å². The third-order valence-corrected chi connectivity index (χ3v) is 20.0. The second-order valence-corrected chi connectivity index (χ2v) is 25.0. The standard InChI is InChI=1S/C52H80O24/c1-47(2)14-16-52(46(68)76-44-34(61)32(59)31(58)25(19-53)71-44)17-15-50(6)22(23(52)18-47)8-9-27-49(5)12-11-28(48(3,4)26(49)10-13-51(27,50)7)72-45-39(75-42-33(60)30(57)24(54)20-69-42)37(35(62)38(74-45)41(66)67)73-43(36(63)40(64)65)70-21-29(55)56/h8,23-28,30-39,42-45,53-54,57-63H,9-21H2,1-7H3,(H,55,56)(H,64,65)(H,66,67). The number of fused-ring (bicyclic) bond motifs is 7. The van der Waals surface area contributed by atoms with E-state index in [4.69, 9.17) is 37.9 Å². The van der Waals surface area contributed by atoms with Gasteiger partial charge >= 0.3 is 23.9 Å². The highest BCUT2D eigenvalue weighted by molar-refractivity contribution is 5.79. The quantitative estimate of drug-likeness (QED) is 0.0436. The summed E-state index contributed by atoms with van der Waals surface area (Å²) >= 11 is 0. The Morgan fingerprint density at radius 2 is 1.39 bits per heavy atom. The molecule has 76 heavy (non-hydrogen) atoms. The number of aliphatic carboxylic acids is 3. The Kier molecular flexibility index (Phi) is 16.7. The normalized spacial score (nSPS) is 47.6. The summed E-state index contributed by atoms with van der Waals surface area (Å²) < 4.78 is 46.9. The van der Waals surface area contributed by atoms with Gasteiger partial charge in [0.05, 0.1) is 24.7 Å². The summed E-state index contributed by atoms with van der Waals surface area (Å²) in [5.41, 5.74) is -1.65. The van der Waals surface area contributed by atoms with Crippen molar-refractivity contribution >= 4 is 23.9 Å². The molecule has 0 aromatic rings. The minimum Gasteiger partial charge on any atom is -0.480 e. The molecule has 0 spiro atoms. The van der Waals surface area contributed by atoms with E-state index in [-0.39, 0.29) is 39.4 Å². The second-order valence-electron chi connectivity index (χ2n) is 25.0. The number of carboxylic acids is 3. The molecule has 8 rings (SSSR count). The molecule has 3 saturated heterocycles. The van der Waals surface area contributed by atoms with Crippen LogP contribution in [0.5, 0.6) is 0 Å². The topological polar surface area (TPSA) is 385 Å². The minimum absolute atomic E-state index is 0.0456. The van der Waals surface area contributed by atoms with E-state index in [0.717, 1.165) is 12.8 Å². The molecule has 5 aliphatic carbocycles. The summed E-state index contributed by atoms with van der Waals surface area (Å²) in [6.07, 6.45) is -22.4. The van der Waals surface area contributed by atoms with Gasteiger partial charge in [0.25, 0.3) is 0 Å². The second kappa shape index (κ2) is 21.5. The van der Waals surface area contributed by atoms with Gasteiger partial charge < -0.3 is 99.2 Å².